The van der Waals surface area contributed by atoms with Gasteiger partial charge in [-0.25, -0.2) is 4.98 Å². The fraction of sp³-hybridized carbons (Fsp3) is 0.250. The van der Waals surface area contributed by atoms with Crippen molar-refractivity contribution in [2.45, 2.75) is 32.9 Å². The van der Waals surface area contributed by atoms with Gasteiger partial charge in [0.25, 0.3) is 0 Å². The van der Waals surface area contributed by atoms with Crippen molar-refractivity contribution in [1.29, 1.82) is 0 Å². The first kappa shape index (κ1) is 23.8. The van der Waals surface area contributed by atoms with E-state index in [1.165, 1.54) is 0 Å². The van der Waals surface area contributed by atoms with Crippen LogP contribution in [-0.2, 0) is 0 Å². The van der Waals surface area contributed by atoms with Crippen LogP contribution in [-0.4, -0.2) is 33.9 Å². The highest BCUT2D eigenvalue weighted by atomic mass is 32.1. The smallest absolute Gasteiger partial charge is 0.174 e. The Hall–Kier alpha value is -3.91. The normalized spacial score (nSPS) is 17.2. The van der Waals surface area contributed by atoms with Gasteiger partial charge in [0.05, 0.1) is 37.7 Å². The molecule has 1 aromatic carbocycles. The summed E-state index contributed by atoms with van der Waals surface area (Å²) in [6.07, 6.45) is 3.70. The van der Waals surface area contributed by atoms with E-state index >= 15 is 0 Å². The van der Waals surface area contributed by atoms with Crippen molar-refractivity contribution in [1.82, 2.24) is 19.9 Å². The van der Waals surface area contributed by atoms with Crippen LogP contribution < -0.4 is 19.7 Å². The number of ether oxygens (including phenoxy) is 2. The molecule has 8 heteroatoms. The first-order chi connectivity index (χ1) is 17.4. The number of nitrogens with one attached hydrogen (secondary N) is 1. The number of nitrogens with zero attached hydrogens (tertiary/aromatic N) is 4. The summed E-state index contributed by atoms with van der Waals surface area (Å²) in [7, 11) is 3.32. The largest absolute Gasteiger partial charge is 0.497 e. The highest BCUT2D eigenvalue weighted by Crippen LogP contribution is 2.47. The van der Waals surface area contributed by atoms with Gasteiger partial charge >= 0.3 is 0 Å². The average Bonchev–Trinajstić information content (AvgIpc) is 3.39. The fourth-order valence-electron chi connectivity index (χ4n) is 4.95. The summed E-state index contributed by atoms with van der Waals surface area (Å²) >= 11 is 5.93. The molecule has 0 amide bonds. The molecular weight excluding hydrogens is 470 g/mol. The molecule has 2 atom stereocenters. The quantitative estimate of drug-likeness (QED) is 0.357. The lowest BCUT2D eigenvalue weighted by Gasteiger charge is -2.29. The van der Waals surface area contributed by atoms with Crippen LogP contribution >= 0.6 is 12.2 Å². The number of rotatable bonds is 6. The van der Waals surface area contributed by atoms with Crippen molar-refractivity contribution in [3.8, 4) is 17.3 Å². The second-order valence-corrected chi connectivity index (χ2v) is 9.28. The van der Waals surface area contributed by atoms with E-state index in [1.807, 2.05) is 55.7 Å². The van der Waals surface area contributed by atoms with Gasteiger partial charge in [0.2, 0.25) is 0 Å². The van der Waals surface area contributed by atoms with Crippen molar-refractivity contribution in [2.24, 2.45) is 0 Å². The van der Waals surface area contributed by atoms with Crippen molar-refractivity contribution >= 4 is 23.0 Å². The molecule has 0 saturated carbocycles. The molecule has 0 unspecified atom stereocenters. The van der Waals surface area contributed by atoms with Gasteiger partial charge in [0, 0.05) is 29.8 Å². The first-order valence-electron chi connectivity index (χ1n) is 11.8. The van der Waals surface area contributed by atoms with E-state index in [0.29, 0.717) is 10.9 Å². The minimum Gasteiger partial charge on any atom is -0.497 e. The maximum absolute atomic E-state index is 5.93. The third-order valence-corrected chi connectivity index (χ3v) is 6.97. The Kier molecular flexibility index (Phi) is 6.36. The number of pyridine rings is 2. The minimum absolute atomic E-state index is 0.172. The lowest BCUT2D eigenvalue weighted by atomic mass is 9.96. The molecule has 0 spiro atoms. The summed E-state index contributed by atoms with van der Waals surface area (Å²) in [6, 6.07) is 17.7. The van der Waals surface area contributed by atoms with Gasteiger partial charge in [0.15, 0.2) is 5.11 Å². The van der Waals surface area contributed by atoms with Crippen LogP contribution in [0, 0.1) is 20.8 Å². The lowest BCUT2D eigenvalue weighted by molar-refractivity contribution is 0.403. The van der Waals surface area contributed by atoms with Crippen molar-refractivity contribution in [2.75, 3.05) is 19.1 Å². The third kappa shape index (κ3) is 4.07. The average molecular weight is 500 g/mol. The third-order valence-electron chi connectivity index (χ3n) is 6.66. The molecule has 1 aliphatic rings. The number of benzene rings is 1. The number of anilines is 1. The van der Waals surface area contributed by atoms with Gasteiger partial charge in [-0.2, -0.15) is 0 Å². The molecule has 4 heterocycles. The molecule has 0 bridgehead atoms. The lowest BCUT2D eigenvalue weighted by Crippen LogP contribution is -2.30. The van der Waals surface area contributed by atoms with Crippen molar-refractivity contribution < 1.29 is 9.47 Å². The molecule has 3 aromatic heterocycles. The highest BCUT2D eigenvalue weighted by molar-refractivity contribution is 7.80. The zero-order valence-corrected chi connectivity index (χ0v) is 21.8. The van der Waals surface area contributed by atoms with Gasteiger partial charge in [-0.05, 0) is 80.5 Å². The Balaban J connectivity index is 1.71. The number of hydrogen-bond donors (Lipinski definition) is 1. The Morgan fingerprint density at radius 3 is 2.44 bits per heavy atom. The van der Waals surface area contributed by atoms with Gasteiger partial charge in [-0.3, -0.25) is 4.98 Å². The Bertz CT molecular complexity index is 1400. The van der Waals surface area contributed by atoms with E-state index in [-0.39, 0.29) is 12.1 Å². The van der Waals surface area contributed by atoms with Gasteiger partial charge in [-0.15, -0.1) is 0 Å². The second kappa shape index (κ2) is 9.62. The summed E-state index contributed by atoms with van der Waals surface area (Å²) in [5, 5.41) is 4.13. The van der Waals surface area contributed by atoms with Gasteiger partial charge in [0.1, 0.15) is 17.3 Å². The van der Waals surface area contributed by atoms with Gasteiger partial charge < -0.3 is 24.3 Å². The Morgan fingerprint density at radius 1 is 0.944 bits per heavy atom. The summed E-state index contributed by atoms with van der Waals surface area (Å²) in [5.74, 6) is 2.32. The predicted molar refractivity (Wildman–Crippen MR) is 145 cm³/mol. The number of aryl methyl sites for hydroxylation is 2. The molecule has 1 aliphatic heterocycles. The second-order valence-electron chi connectivity index (χ2n) is 8.89. The van der Waals surface area contributed by atoms with Crippen LogP contribution in [0.1, 0.15) is 40.3 Å². The SMILES string of the molecule is COc1ccc(OC)c(N2C(=S)N[C@@H](c3ccccn3)[C@@H]2c2cc(C)n(-c3ccc(C)cn3)c2C)c1. The van der Waals surface area contributed by atoms with Crippen LogP contribution in [0.4, 0.5) is 5.69 Å². The molecular formula is C28H29N5O2S. The molecule has 7 nitrogen and oxygen atoms in total. The molecule has 0 radical (unpaired) electrons. The number of thiocarbonyl (C=S) groups is 1. The molecule has 36 heavy (non-hydrogen) atoms. The Labute approximate surface area is 216 Å². The molecule has 1 fully saturated rings. The van der Waals surface area contributed by atoms with Crippen LogP contribution in [0.3, 0.4) is 0 Å². The zero-order chi connectivity index (χ0) is 25.4. The molecule has 0 aliphatic carbocycles. The van der Waals surface area contributed by atoms with Crippen LogP contribution in [0.15, 0.2) is 67.0 Å². The van der Waals surface area contributed by atoms with Crippen LogP contribution in [0.25, 0.3) is 5.82 Å². The van der Waals surface area contributed by atoms with E-state index < -0.39 is 0 Å². The topological polar surface area (TPSA) is 64.4 Å². The van der Waals surface area contributed by atoms with E-state index in [9.17, 15) is 0 Å². The van der Waals surface area contributed by atoms with Gasteiger partial charge in [-0.1, -0.05) is 12.1 Å². The molecule has 1 N–H and O–H groups in total. The standard InChI is InChI=1S/C28H29N5O2S/c1-17-9-12-25(30-16-17)32-18(2)14-21(19(32)3)27-26(22-8-6-7-13-29-22)31-28(36)33(27)23-15-20(34-4)10-11-24(23)35-5/h6-16,26-27H,1-5H3,(H,31,36)/t26-,27-/m0/s1. The van der Waals surface area contributed by atoms with E-state index in [4.69, 9.17) is 21.7 Å². The van der Waals surface area contributed by atoms with Crippen molar-refractivity contribution in [3.63, 3.8) is 0 Å². The molecule has 4 aromatic rings. The summed E-state index contributed by atoms with van der Waals surface area (Å²) in [4.78, 5) is 11.5. The van der Waals surface area contributed by atoms with E-state index in [0.717, 1.165) is 45.5 Å². The molecule has 1 saturated heterocycles. The van der Waals surface area contributed by atoms with Crippen molar-refractivity contribution in [3.05, 3.63) is 95.2 Å². The monoisotopic (exact) mass is 499 g/mol. The van der Waals surface area contributed by atoms with Crippen LogP contribution in [0.5, 0.6) is 11.5 Å². The summed E-state index contributed by atoms with van der Waals surface area (Å²) in [6.45, 7) is 6.27. The summed E-state index contributed by atoms with van der Waals surface area (Å²) in [5.41, 5.74) is 6.17. The van der Waals surface area contributed by atoms with E-state index in [1.54, 1.807) is 14.2 Å². The number of aromatic nitrogens is 3. The zero-order valence-electron chi connectivity index (χ0n) is 21.0. The molecule has 5 rings (SSSR count). The minimum atomic E-state index is -0.182. The van der Waals surface area contributed by atoms with Crippen LogP contribution in [0.2, 0.25) is 0 Å². The maximum Gasteiger partial charge on any atom is 0.174 e. The Morgan fingerprint density at radius 2 is 1.78 bits per heavy atom. The maximum atomic E-state index is 5.93. The summed E-state index contributed by atoms with van der Waals surface area (Å²) < 4.78 is 13.5. The fourth-order valence-corrected chi connectivity index (χ4v) is 5.29. The number of methoxy groups -OCH3 is 2. The predicted octanol–water partition coefficient (Wildman–Crippen LogP) is 5.39. The highest BCUT2D eigenvalue weighted by Gasteiger charge is 2.43. The first-order valence-corrected chi connectivity index (χ1v) is 12.2. The molecule has 184 valence electrons. The number of hydrogen-bond acceptors (Lipinski definition) is 5. The van der Waals surface area contributed by atoms with E-state index in [2.05, 4.69) is 56.8 Å².